The molecule has 0 fully saturated rings. The van der Waals surface area contributed by atoms with Gasteiger partial charge in [-0.25, -0.2) is 0 Å². The van der Waals surface area contributed by atoms with Crippen LogP contribution in [0.3, 0.4) is 0 Å². The van der Waals surface area contributed by atoms with Crippen molar-refractivity contribution in [2.24, 2.45) is 0 Å². The smallest absolute Gasteiger partial charge is 0.167 e. The minimum absolute atomic E-state index is 0.242. The average Bonchev–Trinajstić information content (AvgIpc) is 2.90. The van der Waals surface area contributed by atoms with Gasteiger partial charge < -0.3 is 9.63 Å². The molecule has 3 heteroatoms. The van der Waals surface area contributed by atoms with E-state index in [1.165, 1.54) is 5.56 Å². The lowest BCUT2D eigenvalue weighted by Crippen LogP contribution is -1.75. The molecule has 0 aliphatic rings. The summed E-state index contributed by atoms with van der Waals surface area (Å²) < 4.78 is 5.36. The van der Waals surface area contributed by atoms with Crippen molar-refractivity contribution in [1.29, 1.82) is 0 Å². The lowest BCUT2D eigenvalue weighted by Gasteiger charge is -1.96. The lowest BCUT2D eigenvalue weighted by atomic mass is 10.1. The van der Waals surface area contributed by atoms with Gasteiger partial charge in [-0.2, -0.15) is 0 Å². The number of aromatic hydroxyl groups is 1. The first-order valence-corrected chi connectivity index (χ1v) is 6.05. The van der Waals surface area contributed by atoms with E-state index < -0.39 is 0 Å². The van der Waals surface area contributed by atoms with Crippen LogP contribution in [0.2, 0.25) is 0 Å². The van der Waals surface area contributed by atoms with Gasteiger partial charge in [0.05, 0.1) is 0 Å². The third kappa shape index (κ3) is 2.36. The molecule has 19 heavy (non-hydrogen) atoms. The fourth-order valence-corrected chi connectivity index (χ4v) is 1.90. The minimum atomic E-state index is 0.242. The summed E-state index contributed by atoms with van der Waals surface area (Å²) in [5, 5.41) is 13.3. The largest absolute Gasteiger partial charge is 0.508 e. The van der Waals surface area contributed by atoms with Crippen LogP contribution >= 0.6 is 0 Å². The molecule has 0 atom stereocenters. The first kappa shape index (κ1) is 11.5. The third-order valence-electron chi connectivity index (χ3n) is 3.01. The summed E-state index contributed by atoms with van der Waals surface area (Å²) in [6.45, 7) is 2.05. The Balaban J connectivity index is 1.95. The Kier molecular flexibility index (Phi) is 2.80. The van der Waals surface area contributed by atoms with Gasteiger partial charge in [0.2, 0.25) is 0 Å². The van der Waals surface area contributed by atoms with Crippen molar-refractivity contribution in [2.45, 2.75) is 6.92 Å². The van der Waals surface area contributed by atoms with Crippen molar-refractivity contribution >= 4 is 0 Å². The summed E-state index contributed by atoms with van der Waals surface area (Å²) in [5.74, 6) is 0.981. The van der Waals surface area contributed by atoms with E-state index in [9.17, 15) is 5.11 Å². The molecule has 0 spiro atoms. The second-order valence-corrected chi connectivity index (χ2v) is 4.49. The number of phenols is 1. The monoisotopic (exact) mass is 251 g/mol. The number of nitrogens with zero attached hydrogens (tertiary/aromatic N) is 1. The Morgan fingerprint density at radius 3 is 2.21 bits per heavy atom. The second-order valence-electron chi connectivity index (χ2n) is 4.49. The van der Waals surface area contributed by atoms with Crippen molar-refractivity contribution in [3.05, 3.63) is 60.2 Å². The highest BCUT2D eigenvalue weighted by atomic mass is 16.5. The van der Waals surface area contributed by atoms with Crippen LogP contribution in [0.4, 0.5) is 0 Å². The fraction of sp³-hybridized carbons (Fsp3) is 0.0625. The van der Waals surface area contributed by atoms with Crippen LogP contribution in [0, 0.1) is 6.92 Å². The minimum Gasteiger partial charge on any atom is -0.508 e. The molecule has 0 aliphatic carbocycles. The van der Waals surface area contributed by atoms with Crippen LogP contribution in [-0.4, -0.2) is 10.3 Å². The Bertz CT molecular complexity index is 622. The number of rotatable bonds is 2. The molecular weight excluding hydrogens is 238 g/mol. The number of aromatic nitrogens is 1. The molecule has 0 unspecified atom stereocenters. The van der Waals surface area contributed by atoms with E-state index in [2.05, 4.69) is 5.16 Å². The van der Waals surface area contributed by atoms with E-state index in [0.717, 1.165) is 22.6 Å². The van der Waals surface area contributed by atoms with Crippen molar-refractivity contribution in [1.82, 2.24) is 5.16 Å². The summed E-state index contributed by atoms with van der Waals surface area (Å²) in [5.41, 5.74) is 3.89. The zero-order chi connectivity index (χ0) is 13.2. The number of benzene rings is 2. The zero-order valence-electron chi connectivity index (χ0n) is 10.5. The third-order valence-corrected chi connectivity index (χ3v) is 3.01. The molecule has 3 nitrogen and oxygen atoms in total. The summed E-state index contributed by atoms with van der Waals surface area (Å²) >= 11 is 0. The van der Waals surface area contributed by atoms with Crippen LogP contribution in [0.1, 0.15) is 5.56 Å². The highest BCUT2D eigenvalue weighted by Crippen LogP contribution is 2.27. The van der Waals surface area contributed by atoms with Crippen molar-refractivity contribution in [2.75, 3.05) is 0 Å². The molecule has 1 aromatic heterocycles. The van der Waals surface area contributed by atoms with Gasteiger partial charge in [-0.3, -0.25) is 0 Å². The van der Waals surface area contributed by atoms with Crippen LogP contribution in [-0.2, 0) is 0 Å². The molecule has 0 saturated heterocycles. The number of phenolic OH excluding ortho intramolecular Hbond substituents is 1. The van der Waals surface area contributed by atoms with E-state index in [-0.39, 0.29) is 5.75 Å². The van der Waals surface area contributed by atoms with Crippen LogP contribution in [0.5, 0.6) is 5.75 Å². The molecule has 0 bridgehead atoms. The number of hydrogen-bond acceptors (Lipinski definition) is 3. The SMILES string of the molecule is Cc1ccc(-c2cc(-c3ccc(O)cc3)no2)cc1. The molecular formula is C16H13NO2. The molecule has 0 radical (unpaired) electrons. The topological polar surface area (TPSA) is 46.3 Å². The van der Waals surface area contributed by atoms with Gasteiger partial charge in [0, 0.05) is 17.2 Å². The van der Waals surface area contributed by atoms with Gasteiger partial charge in [-0.05, 0) is 31.2 Å². The molecule has 2 aromatic carbocycles. The molecule has 0 amide bonds. The van der Waals surface area contributed by atoms with E-state index in [1.54, 1.807) is 12.1 Å². The molecule has 0 aliphatic heterocycles. The van der Waals surface area contributed by atoms with E-state index in [1.807, 2.05) is 49.4 Å². The van der Waals surface area contributed by atoms with Gasteiger partial charge >= 0.3 is 0 Å². The molecule has 94 valence electrons. The predicted octanol–water partition coefficient (Wildman–Crippen LogP) is 4.02. The Morgan fingerprint density at radius 1 is 0.895 bits per heavy atom. The molecule has 1 heterocycles. The first-order valence-electron chi connectivity index (χ1n) is 6.05. The maximum atomic E-state index is 9.27. The average molecular weight is 251 g/mol. The highest BCUT2D eigenvalue weighted by molar-refractivity contribution is 5.67. The van der Waals surface area contributed by atoms with Crippen LogP contribution in [0.25, 0.3) is 22.6 Å². The first-order chi connectivity index (χ1) is 9.22. The van der Waals surface area contributed by atoms with Crippen molar-refractivity contribution in [3.8, 4) is 28.3 Å². The predicted molar refractivity (Wildman–Crippen MR) is 73.8 cm³/mol. The summed E-state index contributed by atoms with van der Waals surface area (Å²) in [6, 6.07) is 16.9. The van der Waals surface area contributed by atoms with Gasteiger partial charge in [0.15, 0.2) is 5.76 Å². The van der Waals surface area contributed by atoms with Gasteiger partial charge in [0.25, 0.3) is 0 Å². The fourth-order valence-electron chi connectivity index (χ4n) is 1.90. The molecule has 1 N–H and O–H groups in total. The van der Waals surface area contributed by atoms with Gasteiger partial charge in [0.1, 0.15) is 11.4 Å². The van der Waals surface area contributed by atoms with Crippen molar-refractivity contribution < 1.29 is 9.63 Å². The Labute approximate surface area is 111 Å². The van der Waals surface area contributed by atoms with Gasteiger partial charge in [-0.15, -0.1) is 0 Å². The maximum Gasteiger partial charge on any atom is 0.167 e. The quantitative estimate of drug-likeness (QED) is 0.748. The number of hydrogen-bond donors (Lipinski definition) is 1. The zero-order valence-corrected chi connectivity index (χ0v) is 10.5. The molecule has 3 aromatic rings. The summed E-state index contributed by atoms with van der Waals surface area (Å²) in [4.78, 5) is 0. The molecule has 3 rings (SSSR count). The van der Waals surface area contributed by atoms with E-state index >= 15 is 0 Å². The van der Waals surface area contributed by atoms with E-state index in [4.69, 9.17) is 4.52 Å². The normalized spacial score (nSPS) is 10.6. The highest BCUT2D eigenvalue weighted by Gasteiger charge is 2.08. The van der Waals surface area contributed by atoms with E-state index in [0.29, 0.717) is 0 Å². The van der Waals surface area contributed by atoms with Crippen LogP contribution in [0.15, 0.2) is 59.1 Å². The number of aryl methyl sites for hydroxylation is 1. The standard InChI is InChI=1S/C16H13NO2/c1-11-2-4-13(5-3-11)16-10-15(17-19-16)12-6-8-14(18)9-7-12/h2-10,18H,1H3. The maximum absolute atomic E-state index is 9.27. The Hall–Kier alpha value is -2.55. The Morgan fingerprint density at radius 2 is 1.53 bits per heavy atom. The van der Waals surface area contributed by atoms with Crippen molar-refractivity contribution in [3.63, 3.8) is 0 Å². The lowest BCUT2D eigenvalue weighted by molar-refractivity contribution is 0.435. The summed E-state index contributed by atoms with van der Waals surface area (Å²) in [7, 11) is 0. The summed E-state index contributed by atoms with van der Waals surface area (Å²) in [6.07, 6.45) is 0. The second kappa shape index (κ2) is 4.61. The van der Waals surface area contributed by atoms with Gasteiger partial charge in [-0.1, -0.05) is 35.0 Å². The molecule has 0 saturated carbocycles. The van der Waals surface area contributed by atoms with Crippen LogP contribution < -0.4 is 0 Å².